The van der Waals surface area contributed by atoms with Crippen molar-refractivity contribution in [3.05, 3.63) is 64.7 Å². The second kappa shape index (κ2) is 4.28. The van der Waals surface area contributed by atoms with E-state index in [1.807, 2.05) is 18.2 Å². The van der Waals surface area contributed by atoms with Crippen LogP contribution in [0.5, 0.6) is 0 Å². The minimum absolute atomic E-state index is 0.177. The molecular formula is C16H9FN2O2. The number of nitrogens with one attached hydrogen (secondary N) is 1. The Morgan fingerprint density at radius 3 is 2.81 bits per heavy atom. The average molecular weight is 280 g/mol. The Balaban J connectivity index is 2.08. The number of aromatic amines is 1. The standard InChI is InChI=1S/C16H9FN2O2/c17-10-5-3-4-9(8-10)15-18-13-11-6-1-2-7-12(11)21-14(13)16(20)19-15/h1-8H,(H,18,19,20). The Morgan fingerprint density at radius 2 is 1.95 bits per heavy atom. The summed E-state index contributed by atoms with van der Waals surface area (Å²) in [7, 11) is 0. The van der Waals surface area contributed by atoms with Gasteiger partial charge < -0.3 is 9.40 Å². The highest BCUT2D eigenvalue weighted by Gasteiger charge is 2.13. The van der Waals surface area contributed by atoms with Crippen molar-refractivity contribution in [2.75, 3.05) is 0 Å². The predicted octanol–water partition coefficient (Wildman–Crippen LogP) is 3.48. The molecule has 2 heterocycles. The van der Waals surface area contributed by atoms with E-state index >= 15 is 0 Å². The Hall–Kier alpha value is -2.95. The number of fused-ring (bicyclic) bond motifs is 3. The second-order valence-corrected chi connectivity index (χ2v) is 4.70. The fourth-order valence-corrected chi connectivity index (χ4v) is 2.37. The first kappa shape index (κ1) is 11.8. The molecule has 0 radical (unpaired) electrons. The molecule has 4 rings (SSSR count). The fourth-order valence-electron chi connectivity index (χ4n) is 2.37. The Labute approximate surface area is 117 Å². The number of rotatable bonds is 1. The molecule has 0 aliphatic rings. The molecule has 0 saturated carbocycles. The maximum absolute atomic E-state index is 13.3. The molecule has 4 nitrogen and oxygen atoms in total. The minimum atomic E-state index is -0.382. The molecule has 0 unspecified atom stereocenters. The Kier molecular flexibility index (Phi) is 2.41. The number of para-hydroxylation sites is 1. The van der Waals surface area contributed by atoms with Gasteiger partial charge in [0.25, 0.3) is 5.56 Å². The summed E-state index contributed by atoms with van der Waals surface area (Å²) >= 11 is 0. The first-order valence-corrected chi connectivity index (χ1v) is 6.40. The summed E-state index contributed by atoms with van der Waals surface area (Å²) in [5.41, 5.74) is 1.39. The topological polar surface area (TPSA) is 58.9 Å². The van der Waals surface area contributed by atoms with Crippen molar-refractivity contribution < 1.29 is 8.81 Å². The lowest BCUT2D eigenvalue weighted by Crippen LogP contribution is -2.08. The van der Waals surface area contributed by atoms with Crippen LogP contribution in [0.25, 0.3) is 33.5 Å². The van der Waals surface area contributed by atoms with Gasteiger partial charge in [0.15, 0.2) is 0 Å². The van der Waals surface area contributed by atoms with Crippen LogP contribution >= 0.6 is 0 Å². The molecule has 0 aliphatic carbocycles. The lowest BCUT2D eigenvalue weighted by Gasteiger charge is -2.00. The van der Waals surface area contributed by atoms with Crippen LogP contribution in [0.4, 0.5) is 4.39 Å². The highest BCUT2D eigenvalue weighted by Crippen LogP contribution is 2.26. The first-order valence-electron chi connectivity index (χ1n) is 6.40. The molecular weight excluding hydrogens is 271 g/mol. The lowest BCUT2D eigenvalue weighted by molar-refractivity contribution is 0.628. The van der Waals surface area contributed by atoms with Crippen LogP contribution in [0, 0.1) is 5.82 Å². The van der Waals surface area contributed by atoms with Crippen molar-refractivity contribution in [2.24, 2.45) is 0 Å². The quantitative estimate of drug-likeness (QED) is 0.580. The van der Waals surface area contributed by atoms with E-state index in [4.69, 9.17) is 4.42 Å². The molecule has 1 N–H and O–H groups in total. The van der Waals surface area contributed by atoms with E-state index in [9.17, 15) is 9.18 Å². The molecule has 0 atom stereocenters. The molecule has 2 aromatic carbocycles. The number of hydrogen-bond donors (Lipinski definition) is 1. The van der Waals surface area contributed by atoms with Crippen LogP contribution in [0.15, 0.2) is 57.7 Å². The van der Waals surface area contributed by atoms with Crippen LogP contribution in [-0.2, 0) is 0 Å². The van der Waals surface area contributed by atoms with E-state index in [1.54, 1.807) is 18.2 Å². The molecule has 0 bridgehead atoms. The lowest BCUT2D eigenvalue weighted by atomic mass is 10.2. The van der Waals surface area contributed by atoms with E-state index in [1.165, 1.54) is 12.1 Å². The van der Waals surface area contributed by atoms with Crippen LogP contribution in [0.2, 0.25) is 0 Å². The highest BCUT2D eigenvalue weighted by molar-refractivity contribution is 6.02. The van der Waals surface area contributed by atoms with Crippen molar-refractivity contribution in [3.8, 4) is 11.4 Å². The maximum Gasteiger partial charge on any atom is 0.294 e. The summed E-state index contributed by atoms with van der Waals surface area (Å²) in [6.07, 6.45) is 0. The molecule has 102 valence electrons. The molecule has 2 aromatic heterocycles. The van der Waals surface area contributed by atoms with Gasteiger partial charge >= 0.3 is 0 Å². The van der Waals surface area contributed by atoms with Crippen LogP contribution < -0.4 is 5.56 Å². The summed E-state index contributed by atoms with van der Waals surface area (Å²) in [6, 6.07) is 13.2. The number of H-pyrrole nitrogens is 1. The SMILES string of the molecule is O=c1[nH]c(-c2cccc(F)c2)nc2c1oc1ccccc12. The fraction of sp³-hybridized carbons (Fsp3) is 0. The smallest absolute Gasteiger partial charge is 0.294 e. The Morgan fingerprint density at radius 1 is 1.10 bits per heavy atom. The highest BCUT2D eigenvalue weighted by atomic mass is 19.1. The van der Waals surface area contributed by atoms with Crippen molar-refractivity contribution in [2.45, 2.75) is 0 Å². The van der Waals surface area contributed by atoms with E-state index in [2.05, 4.69) is 9.97 Å². The van der Waals surface area contributed by atoms with Gasteiger partial charge in [0.2, 0.25) is 5.58 Å². The van der Waals surface area contributed by atoms with Gasteiger partial charge in [0.05, 0.1) is 0 Å². The van der Waals surface area contributed by atoms with Gasteiger partial charge in [-0.2, -0.15) is 0 Å². The third kappa shape index (κ3) is 1.82. The van der Waals surface area contributed by atoms with Crippen LogP contribution in [0.3, 0.4) is 0 Å². The number of benzene rings is 2. The van der Waals surface area contributed by atoms with E-state index < -0.39 is 0 Å². The molecule has 0 saturated heterocycles. The Bertz CT molecular complexity index is 1030. The minimum Gasteiger partial charge on any atom is -0.449 e. The molecule has 5 heteroatoms. The van der Waals surface area contributed by atoms with E-state index in [0.29, 0.717) is 22.5 Å². The zero-order chi connectivity index (χ0) is 14.4. The predicted molar refractivity (Wildman–Crippen MR) is 77.5 cm³/mol. The van der Waals surface area contributed by atoms with Crippen molar-refractivity contribution in [1.82, 2.24) is 9.97 Å². The number of aromatic nitrogens is 2. The molecule has 0 spiro atoms. The van der Waals surface area contributed by atoms with Gasteiger partial charge in [0, 0.05) is 10.9 Å². The largest absolute Gasteiger partial charge is 0.449 e. The molecule has 0 fully saturated rings. The summed E-state index contributed by atoms with van der Waals surface area (Å²) < 4.78 is 18.8. The number of nitrogens with zero attached hydrogens (tertiary/aromatic N) is 1. The molecule has 21 heavy (non-hydrogen) atoms. The van der Waals surface area contributed by atoms with Gasteiger partial charge in [-0.3, -0.25) is 4.79 Å². The summed E-state index contributed by atoms with van der Waals surface area (Å²) in [6.45, 7) is 0. The zero-order valence-electron chi connectivity index (χ0n) is 10.8. The summed E-state index contributed by atoms with van der Waals surface area (Å²) in [4.78, 5) is 19.2. The number of halogens is 1. The van der Waals surface area contributed by atoms with Crippen molar-refractivity contribution >= 4 is 22.1 Å². The monoisotopic (exact) mass is 280 g/mol. The molecule has 0 amide bonds. The van der Waals surface area contributed by atoms with Crippen LogP contribution in [-0.4, -0.2) is 9.97 Å². The first-order chi connectivity index (χ1) is 10.2. The van der Waals surface area contributed by atoms with Crippen molar-refractivity contribution in [3.63, 3.8) is 0 Å². The normalized spacial score (nSPS) is 11.3. The van der Waals surface area contributed by atoms with Gasteiger partial charge in [-0.1, -0.05) is 24.3 Å². The van der Waals surface area contributed by atoms with Gasteiger partial charge in [-0.05, 0) is 24.3 Å². The second-order valence-electron chi connectivity index (χ2n) is 4.70. The summed E-state index contributed by atoms with van der Waals surface area (Å²) in [5.74, 6) is -0.0640. The third-order valence-corrected chi connectivity index (χ3v) is 3.33. The van der Waals surface area contributed by atoms with Gasteiger partial charge in [-0.25, -0.2) is 9.37 Å². The number of hydrogen-bond acceptors (Lipinski definition) is 3. The van der Waals surface area contributed by atoms with Crippen LogP contribution in [0.1, 0.15) is 0 Å². The van der Waals surface area contributed by atoms with Gasteiger partial charge in [-0.15, -0.1) is 0 Å². The third-order valence-electron chi connectivity index (χ3n) is 3.33. The average Bonchev–Trinajstić information content (AvgIpc) is 2.87. The van der Waals surface area contributed by atoms with E-state index in [0.717, 1.165) is 5.39 Å². The van der Waals surface area contributed by atoms with Gasteiger partial charge in [0.1, 0.15) is 22.7 Å². The van der Waals surface area contributed by atoms with Crippen molar-refractivity contribution in [1.29, 1.82) is 0 Å². The molecule has 0 aliphatic heterocycles. The summed E-state index contributed by atoms with van der Waals surface area (Å²) in [5, 5.41) is 0.760. The zero-order valence-corrected chi connectivity index (χ0v) is 10.8. The number of furan rings is 1. The molecule has 4 aromatic rings. The van der Waals surface area contributed by atoms with E-state index in [-0.39, 0.29) is 17.0 Å². The maximum atomic E-state index is 13.3.